The summed E-state index contributed by atoms with van der Waals surface area (Å²) in [5.41, 5.74) is 3.58. The Kier molecular flexibility index (Phi) is 27.1. The van der Waals surface area contributed by atoms with Crippen LogP contribution in [0.25, 0.3) is 5.57 Å². The van der Waals surface area contributed by atoms with Gasteiger partial charge in [-0.3, -0.25) is 13.9 Å². The minimum Gasteiger partial charge on any atom is -0.482 e. The van der Waals surface area contributed by atoms with E-state index in [2.05, 4.69) is 20.8 Å². The number of allylic oxidation sites excluding steroid dienone is 4. The molecule has 0 saturated heterocycles. The first-order valence-electron chi connectivity index (χ1n) is 25.0. The molecule has 2 aromatic rings. The average molecular weight is 1120 g/mol. The van der Waals surface area contributed by atoms with Gasteiger partial charge in [0.05, 0.1) is 122 Å². The van der Waals surface area contributed by atoms with Crippen molar-refractivity contribution in [1.82, 2.24) is 0 Å². The Morgan fingerprint density at radius 3 is 1.88 bits per heavy atom. The highest BCUT2D eigenvalue weighted by atomic mass is 32.2. The molecule has 0 spiro atoms. The average Bonchev–Trinajstić information content (AvgIpc) is 3.56. The molecule has 0 amide bonds. The van der Waals surface area contributed by atoms with Crippen LogP contribution in [0.15, 0.2) is 71.3 Å². The lowest BCUT2D eigenvalue weighted by Crippen LogP contribution is -2.31. The van der Waals surface area contributed by atoms with E-state index in [1.54, 1.807) is 19.2 Å². The number of carboxylic acid groups (broad SMARTS) is 1. The quantitative estimate of drug-likeness (QED) is 0.0387. The van der Waals surface area contributed by atoms with Gasteiger partial charge in [0.25, 0.3) is 20.2 Å². The highest BCUT2D eigenvalue weighted by Crippen LogP contribution is 2.51. The molecule has 2 aromatic carbocycles. The third-order valence-corrected chi connectivity index (χ3v) is 14.4. The van der Waals surface area contributed by atoms with Crippen molar-refractivity contribution in [3.8, 4) is 5.75 Å². The van der Waals surface area contributed by atoms with E-state index in [4.69, 9.17) is 47.7 Å². The van der Waals surface area contributed by atoms with E-state index in [1.807, 2.05) is 59.2 Å². The van der Waals surface area contributed by atoms with Crippen molar-refractivity contribution in [2.45, 2.75) is 69.8 Å². The van der Waals surface area contributed by atoms with Crippen molar-refractivity contribution >= 4 is 53.9 Å². The zero-order valence-electron chi connectivity index (χ0n) is 43.9. The number of hydrogen-bond acceptors (Lipinski definition) is 18. The second kappa shape index (κ2) is 32.0. The van der Waals surface area contributed by atoms with Crippen molar-refractivity contribution in [3.63, 3.8) is 0 Å². The topological polar surface area (TPSA) is 270 Å². The summed E-state index contributed by atoms with van der Waals surface area (Å²) in [6.45, 7) is 14.2. The van der Waals surface area contributed by atoms with Gasteiger partial charge in [-0.05, 0) is 91.3 Å². The molecule has 0 aromatic heterocycles. The SMILES string of the molecule is COCCOCCOCCOCCN(CCCS(=O)(=O)O)c1ccc2c(c1)OC(/C=C/C=C1/N(CCOCCOCCOCCOCCC(=O)O)c3ccc([SH](=O)=O)cc3C1(C)CCCS(=O)(=O)O)C=C2C(C)(C)C. The molecular formula is C51H78N2O19S3. The lowest BCUT2D eigenvalue weighted by atomic mass is 9.77. The Morgan fingerprint density at radius 2 is 1.32 bits per heavy atom. The second-order valence-electron chi connectivity index (χ2n) is 18.9. The number of hydrogen-bond donors (Lipinski definition) is 4. The predicted molar refractivity (Wildman–Crippen MR) is 284 cm³/mol. The molecule has 2 atom stereocenters. The maximum Gasteiger partial charge on any atom is 0.305 e. The fourth-order valence-electron chi connectivity index (χ4n) is 8.48. The van der Waals surface area contributed by atoms with Crippen molar-refractivity contribution < 1.29 is 86.9 Å². The standard InChI is InChI=1S/C51H78N2O19S3/c1-50(2,3)44-38-41(72-47-37-40(11-13-43(44)47)52(17-8-36-75(61,62)63)18-21-66-26-29-70-32-31-68-24-23-64-5)9-6-10-48-51(4,16-7-35-74(58,59)60)45-39-42(73(56)57)12-14-46(45)53(48)19-22-67-27-30-71-34-33-69-28-25-65-20-15-49(54)55/h6,9-14,37-39,41,73H,7-8,15-36H2,1-5H3,(H,54,55)(H,58,59,60)(H,61,62,63)/b9-6+,48-10+. The van der Waals surface area contributed by atoms with E-state index in [-0.39, 0.29) is 69.0 Å². The van der Waals surface area contributed by atoms with Crippen molar-refractivity contribution in [2.75, 3.05) is 147 Å². The molecule has 0 bridgehead atoms. The van der Waals surface area contributed by atoms with E-state index in [9.17, 15) is 39.2 Å². The summed E-state index contributed by atoms with van der Waals surface area (Å²) >= 11 is 0. The maximum atomic E-state index is 12.3. The number of anilines is 2. The van der Waals surface area contributed by atoms with Crippen LogP contribution in [0.2, 0.25) is 0 Å². The second-order valence-corrected chi connectivity index (χ2v) is 23.1. The number of carbonyl (C=O) groups is 1. The van der Waals surface area contributed by atoms with Crippen molar-refractivity contribution in [3.05, 3.63) is 77.5 Å². The fraction of sp³-hybridized carbons (Fsp3) is 0.627. The zero-order chi connectivity index (χ0) is 54.9. The number of benzene rings is 2. The molecule has 2 heterocycles. The minimum absolute atomic E-state index is 0.0752. The summed E-state index contributed by atoms with van der Waals surface area (Å²) in [6, 6.07) is 10.7. The monoisotopic (exact) mass is 1120 g/mol. The smallest absolute Gasteiger partial charge is 0.305 e. The van der Waals surface area contributed by atoms with Crippen molar-refractivity contribution in [1.29, 1.82) is 0 Å². The van der Waals surface area contributed by atoms with Gasteiger partial charge in [0.15, 0.2) is 10.7 Å². The molecule has 2 aliphatic rings. The lowest BCUT2D eigenvalue weighted by molar-refractivity contribution is -0.138. The molecule has 75 heavy (non-hydrogen) atoms. The molecule has 24 heteroatoms. The number of ether oxygens (including phenoxy) is 9. The summed E-state index contributed by atoms with van der Waals surface area (Å²) in [6.07, 6.45) is 7.55. The van der Waals surface area contributed by atoms with Crippen LogP contribution < -0.4 is 14.5 Å². The first kappa shape index (κ1) is 63.5. The molecule has 0 aliphatic carbocycles. The van der Waals surface area contributed by atoms with Gasteiger partial charge in [0.1, 0.15) is 11.9 Å². The number of fused-ring (bicyclic) bond motifs is 2. The third-order valence-electron chi connectivity index (χ3n) is 12.1. The van der Waals surface area contributed by atoms with Crippen LogP contribution in [0.5, 0.6) is 5.75 Å². The summed E-state index contributed by atoms with van der Waals surface area (Å²) in [4.78, 5) is 14.7. The van der Waals surface area contributed by atoms with Crippen LogP contribution in [0.1, 0.15) is 64.5 Å². The molecule has 0 radical (unpaired) electrons. The number of nitrogens with zero attached hydrogens (tertiary/aromatic N) is 2. The van der Waals surface area contributed by atoms with Crippen LogP contribution in [0, 0.1) is 5.41 Å². The molecule has 21 nitrogen and oxygen atoms in total. The molecule has 2 unspecified atom stereocenters. The molecule has 0 saturated carbocycles. The first-order valence-corrected chi connectivity index (χ1v) is 29.4. The van der Waals surface area contributed by atoms with Gasteiger partial charge in [-0.2, -0.15) is 16.8 Å². The van der Waals surface area contributed by atoms with Gasteiger partial charge < -0.3 is 57.5 Å². The maximum absolute atomic E-state index is 12.3. The number of aliphatic carboxylic acids is 1. The van der Waals surface area contributed by atoms with Gasteiger partial charge in [-0.25, -0.2) is 8.42 Å². The minimum atomic E-state index is -4.30. The highest BCUT2D eigenvalue weighted by molar-refractivity contribution is 7.86. The Hall–Kier alpha value is -4.02. The van der Waals surface area contributed by atoms with Crippen LogP contribution >= 0.6 is 0 Å². The number of carboxylic acids is 1. The van der Waals surface area contributed by atoms with E-state index in [1.165, 1.54) is 6.07 Å². The highest BCUT2D eigenvalue weighted by Gasteiger charge is 2.43. The Bertz CT molecular complexity index is 2480. The molecule has 4 rings (SSSR count). The molecular weight excluding hydrogens is 1040 g/mol. The van der Waals surface area contributed by atoms with E-state index in [0.717, 1.165) is 28.2 Å². The summed E-state index contributed by atoms with van der Waals surface area (Å²) < 4.78 is 142. The molecule has 424 valence electrons. The zero-order valence-corrected chi connectivity index (χ0v) is 46.4. The van der Waals surface area contributed by atoms with Gasteiger partial charge in [-0.1, -0.05) is 26.8 Å². The summed E-state index contributed by atoms with van der Waals surface area (Å²) in [7, 11) is -9.84. The van der Waals surface area contributed by atoms with Gasteiger partial charge in [0.2, 0.25) is 0 Å². The number of thiol groups is 1. The Morgan fingerprint density at radius 1 is 0.760 bits per heavy atom. The largest absolute Gasteiger partial charge is 0.482 e. The third kappa shape index (κ3) is 22.8. The van der Waals surface area contributed by atoms with Gasteiger partial charge in [0, 0.05) is 60.9 Å². The van der Waals surface area contributed by atoms with Gasteiger partial charge >= 0.3 is 5.97 Å². The van der Waals surface area contributed by atoms with E-state index in [0.29, 0.717) is 97.0 Å². The Balaban J connectivity index is 1.54. The first-order chi connectivity index (χ1) is 35.6. The van der Waals surface area contributed by atoms with Crippen molar-refractivity contribution in [2.24, 2.45) is 5.41 Å². The number of rotatable bonds is 39. The fourth-order valence-corrected chi connectivity index (χ4v) is 9.91. The van der Waals surface area contributed by atoms with Crippen LogP contribution in [-0.2, 0) is 79.0 Å². The lowest BCUT2D eigenvalue weighted by Gasteiger charge is -2.33. The molecule has 2 aliphatic heterocycles. The number of methoxy groups -OCH3 is 1. The Labute approximate surface area is 444 Å². The predicted octanol–water partition coefficient (Wildman–Crippen LogP) is 5.06. The summed E-state index contributed by atoms with van der Waals surface area (Å²) in [5.74, 6) is -1.23. The van der Waals surface area contributed by atoms with Crippen LogP contribution in [0.4, 0.5) is 11.4 Å². The van der Waals surface area contributed by atoms with Crippen LogP contribution in [0.3, 0.4) is 0 Å². The van der Waals surface area contributed by atoms with E-state index < -0.39 is 59.9 Å². The normalized spacial score (nSPS) is 17.4. The molecule has 0 fully saturated rings. The molecule has 3 N–H and O–H groups in total. The summed E-state index contributed by atoms with van der Waals surface area (Å²) in [5, 5.41) is 8.69. The van der Waals surface area contributed by atoms with E-state index >= 15 is 0 Å². The van der Waals surface area contributed by atoms with Crippen LogP contribution in [-0.4, -0.2) is 189 Å². The van der Waals surface area contributed by atoms with Gasteiger partial charge in [-0.15, -0.1) is 0 Å².